The number of rotatable bonds is 2. The molecular weight excluding hydrogens is 255 g/mol. The summed E-state index contributed by atoms with van der Waals surface area (Å²) in [5.41, 5.74) is 0. The van der Waals surface area contributed by atoms with Crippen LogP contribution in [0, 0.1) is 0 Å². The SMILES string of the molecule is c1cnc[c]([Sn][N]2CCCC2)c1. The van der Waals surface area contributed by atoms with Crippen molar-refractivity contribution in [2.75, 3.05) is 13.1 Å². The Kier molecular flexibility index (Phi) is 3.00. The average molecular weight is 267 g/mol. The molecule has 0 saturated carbocycles. The first kappa shape index (κ1) is 8.50. The van der Waals surface area contributed by atoms with Gasteiger partial charge in [-0.3, -0.25) is 0 Å². The van der Waals surface area contributed by atoms with Crippen LogP contribution >= 0.6 is 0 Å². The normalized spacial score (nSPS) is 18.3. The molecule has 2 radical (unpaired) electrons. The topological polar surface area (TPSA) is 16.1 Å². The van der Waals surface area contributed by atoms with Crippen LogP contribution in [0.1, 0.15) is 12.8 Å². The Labute approximate surface area is 83.6 Å². The van der Waals surface area contributed by atoms with Crippen molar-refractivity contribution in [2.24, 2.45) is 0 Å². The predicted molar refractivity (Wildman–Crippen MR) is 50.4 cm³/mol. The number of aromatic nitrogens is 1. The summed E-state index contributed by atoms with van der Waals surface area (Å²) in [5, 5.41) is 0. The molecule has 0 aliphatic carbocycles. The Balaban J connectivity index is 1.94. The zero-order valence-corrected chi connectivity index (χ0v) is 9.89. The Morgan fingerprint density at radius 1 is 1.33 bits per heavy atom. The Morgan fingerprint density at radius 2 is 2.17 bits per heavy atom. The number of hydrogen-bond acceptors (Lipinski definition) is 2. The monoisotopic (exact) mass is 268 g/mol. The number of hydrogen-bond donors (Lipinski definition) is 0. The van der Waals surface area contributed by atoms with E-state index < -0.39 is 21.4 Å². The van der Waals surface area contributed by atoms with Crippen molar-refractivity contribution in [3.63, 3.8) is 0 Å². The molecule has 0 amide bonds. The van der Waals surface area contributed by atoms with E-state index in [4.69, 9.17) is 0 Å². The van der Waals surface area contributed by atoms with Crippen molar-refractivity contribution in [2.45, 2.75) is 12.8 Å². The van der Waals surface area contributed by atoms with Crippen LogP contribution < -0.4 is 3.58 Å². The third-order valence-corrected chi connectivity index (χ3v) is 5.81. The first-order valence-corrected chi connectivity index (χ1v) is 7.07. The van der Waals surface area contributed by atoms with E-state index in [2.05, 4.69) is 14.2 Å². The standard InChI is InChI=1S/C5H4N.C4H8N.Sn/c1-2-4-6-5-3-1;1-2-4-5-3-1;/h1-2,4-5H;1-4H2;/q;-1;+1. The summed E-state index contributed by atoms with van der Waals surface area (Å²) in [4.78, 5) is 4.14. The molecule has 0 atom stereocenters. The van der Waals surface area contributed by atoms with Crippen LogP contribution in [-0.2, 0) is 0 Å². The summed E-state index contributed by atoms with van der Waals surface area (Å²) < 4.78 is 4.16. The van der Waals surface area contributed by atoms with Gasteiger partial charge in [0.25, 0.3) is 0 Å². The van der Waals surface area contributed by atoms with Gasteiger partial charge in [-0.1, -0.05) is 0 Å². The quantitative estimate of drug-likeness (QED) is 0.722. The molecule has 0 spiro atoms. The summed E-state index contributed by atoms with van der Waals surface area (Å²) in [6.07, 6.45) is 6.69. The van der Waals surface area contributed by atoms with E-state index in [-0.39, 0.29) is 0 Å². The van der Waals surface area contributed by atoms with Gasteiger partial charge in [0.05, 0.1) is 0 Å². The average Bonchev–Trinajstić information content (AvgIpc) is 2.59. The second-order valence-corrected chi connectivity index (χ2v) is 7.14. The van der Waals surface area contributed by atoms with E-state index in [1.54, 1.807) is 0 Å². The van der Waals surface area contributed by atoms with Gasteiger partial charge in [-0.2, -0.15) is 0 Å². The van der Waals surface area contributed by atoms with Crippen LogP contribution in [0.2, 0.25) is 0 Å². The maximum atomic E-state index is 4.14. The molecule has 2 heterocycles. The summed E-state index contributed by atoms with van der Waals surface area (Å²) in [5.74, 6) is 0. The van der Waals surface area contributed by atoms with Crippen LogP contribution in [0.4, 0.5) is 0 Å². The van der Waals surface area contributed by atoms with Crippen LogP contribution in [0.15, 0.2) is 24.5 Å². The van der Waals surface area contributed by atoms with E-state index >= 15 is 0 Å². The minimum atomic E-state index is -0.442. The third kappa shape index (κ3) is 2.20. The summed E-state index contributed by atoms with van der Waals surface area (Å²) in [6, 6.07) is 4.27. The fraction of sp³-hybridized carbons (Fsp3) is 0.444. The molecule has 62 valence electrons. The predicted octanol–water partition coefficient (Wildman–Crippen LogP) is 0.422. The molecule has 2 rings (SSSR count). The van der Waals surface area contributed by atoms with Crippen LogP contribution in [0.5, 0.6) is 0 Å². The molecule has 2 nitrogen and oxygen atoms in total. The van der Waals surface area contributed by atoms with Gasteiger partial charge in [0.2, 0.25) is 0 Å². The molecule has 0 bridgehead atoms. The van der Waals surface area contributed by atoms with Crippen molar-refractivity contribution in [3.8, 4) is 0 Å². The van der Waals surface area contributed by atoms with Crippen LogP contribution in [-0.4, -0.2) is 42.6 Å². The molecule has 0 unspecified atom stereocenters. The van der Waals surface area contributed by atoms with Gasteiger partial charge in [-0.15, -0.1) is 0 Å². The van der Waals surface area contributed by atoms with Gasteiger partial charge in [0.1, 0.15) is 0 Å². The molecule has 12 heavy (non-hydrogen) atoms. The van der Waals surface area contributed by atoms with E-state index in [1.165, 1.54) is 29.5 Å². The van der Waals surface area contributed by atoms with Crippen LogP contribution in [0.25, 0.3) is 0 Å². The molecule has 1 aliphatic rings. The minimum absolute atomic E-state index is 0.442. The number of nitrogens with zero attached hydrogens (tertiary/aromatic N) is 2. The molecule has 3 heteroatoms. The molecule has 1 aliphatic heterocycles. The van der Waals surface area contributed by atoms with Crippen molar-refractivity contribution in [1.82, 2.24) is 8.11 Å². The number of pyridine rings is 1. The summed E-state index contributed by atoms with van der Waals surface area (Å²) in [6.45, 7) is 2.67. The zero-order chi connectivity index (χ0) is 8.23. The molecule has 1 aromatic heterocycles. The summed E-state index contributed by atoms with van der Waals surface area (Å²) >= 11 is -0.442. The first-order valence-electron chi connectivity index (χ1n) is 4.37. The van der Waals surface area contributed by atoms with Crippen molar-refractivity contribution in [3.05, 3.63) is 24.5 Å². The second kappa shape index (κ2) is 4.23. The molecule has 0 N–H and O–H groups in total. The first-order chi connectivity index (χ1) is 5.95. The Bertz CT molecular complexity index is 232. The zero-order valence-electron chi connectivity index (χ0n) is 7.03. The van der Waals surface area contributed by atoms with Gasteiger partial charge in [0, 0.05) is 0 Å². The fourth-order valence-electron chi connectivity index (χ4n) is 1.44. The summed E-state index contributed by atoms with van der Waals surface area (Å²) in [7, 11) is 0. The Morgan fingerprint density at radius 3 is 2.83 bits per heavy atom. The molecule has 1 aromatic rings. The van der Waals surface area contributed by atoms with Gasteiger partial charge >= 0.3 is 83.6 Å². The fourth-order valence-corrected chi connectivity index (χ4v) is 4.89. The van der Waals surface area contributed by atoms with Crippen molar-refractivity contribution >= 4 is 25.0 Å². The third-order valence-electron chi connectivity index (χ3n) is 2.05. The maximum absolute atomic E-state index is 4.14. The van der Waals surface area contributed by atoms with E-state index in [9.17, 15) is 0 Å². The van der Waals surface area contributed by atoms with Crippen molar-refractivity contribution < 1.29 is 0 Å². The Hall–Kier alpha value is -0.0913. The van der Waals surface area contributed by atoms with Gasteiger partial charge in [-0.25, -0.2) is 0 Å². The van der Waals surface area contributed by atoms with E-state index in [0.717, 1.165) is 0 Å². The second-order valence-electron chi connectivity index (χ2n) is 3.05. The van der Waals surface area contributed by atoms with Gasteiger partial charge < -0.3 is 0 Å². The molecular formula is C9H12N2Sn. The molecule has 0 aromatic carbocycles. The van der Waals surface area contributed by atoms with Gasteiger partial charge in [-0.05, 0) is 0 Å². The van der Waals surface area contributed by atoms with Crippen molar-refractivity contribution in [1.29, 1.82) is 0 Å². The van der Waals surface area contributed by atoms with Crippen LogP contribution in [0.3, 0.4) is 0 Å². The molecule has 1 saturated heterocycles. The van der Waals surface area contributed by atoms with E-state index in [1.807, 2.05) is 18.5 Å². The van der Waals surface area contributed by atoms with E-state index in [0.29, 0.717) is 0 Å². The molecule has 1 fully saturated rings. The van der Waals surface area contributed by atoms with Gasteiger partial charge in [0.15, 0.2) is 0 Å².